The molecule has 0 radical (unpaired) electrons. The molecule has 23 heavy (non-hydrogen) atoms. The first-order valence-corrected chi connectivity index (χ1v) is 8.43. The number of aromatic amines is 1. The normalized spacial score (nSPS) is 10.7. The second-order valence-electron chi connectivity index (χ2n) is 5.24. The molecule has 2 N–H and O–H groups in total. The van der Waals surface area contributed by atoms with E-state index in [9.17, 15) is 4.79 Å². The standard InChI is InChI=1S/C18H17IN2O2/c1-23-15-6-7-17-16(10-15)13(11-21-17)8-9-20-18(22)12-2-4-14(19)5-3-12/h2-7,10-11,21H,8-9H2,1H3,(H,20,22). The van der Waals surface area contributed by atoms with Crippen molar-refractivity contribution in [3.05, 3.63) is 63.4 Å². The number of nitrogens with one attached hydrogen (secondary N) is 2. The van der Waals surface area contributed by atoms with E-state index in [-0.39, 0.29) is 5.91 Å². The van der Waals surface area contributed by atoms with Crippen LogP contribution in [-0.2, 0) is 6.42 Å². The zero-order valence-corrected chi connectivity index (χ0v) is 14.9. The first-order valence-electron chi connectivity index (χ1n) is 7.35. The van der Waals surface area contributed by atoms with Gasteiger partial charge in [0.15, 0.2) is 0 Å². The number of ether oxygens (including phenoxy) is 1. The number of rotatable bonds is 5. The van der Waals surface area contributed by atoms with Crippen LogP contribution in [0.5, 0.6) is 5.75 Å². The molecule has 1 aromatic heterocycles. The van der Waals surface area contributed by atoms with Crippen LogP contribution >= 0.6 is 22.6 Å². The fourth-order valence-electron chi connectivity index (χ4n) is 2.51. The Bertz CT molecular complexity index is 825. The van der Waals surface area contributed by atoms with Crippen molar-refractivity contribution in [3.8, 4) is 5.75 Å². The summed E-state index contributed by atoms with van der Waals surface area (Å²) in [5.74, 6) is 0.792. The van der Waals surface area contributed by atoms with E-state index in [0.29, 0.717) is 12.1 Å². The Kier molecular flexibility index (Phi) is 4.85. The molecule has 1 amide bonds. The topological polar surface area (TPSA) is 54.1 Å². The van der Waals surface area contributed by atoms with Gasteiger partial charge in [-0.3, -0.25) is 4.79 Å². The predicted molar refractivity (Wildman–Crippen MR) is 100 cm³/mol. The van der Waals surface area contributed by atoms with Gasteiger partial charge in [0, 0.05) is 32.8 Å². The number of hydrogen-bond donors (Lipinski definition) is 2. The van der Waals surface area contributed by atoms with Gasteiger partial charge in [0.25, 0.3) is 5.91 Å². The molecule has 0 fully saturated rings. The maximum Gasteiger partial charge on any atom is 0.251 e. The van der Waals surface area contributed by atoms with E-state index in [2.05, 4.69) is 32.9 Å². The molecule has 3 rings (SSSR count). The molecule has 2 aromatic carbocycles. The van der Waals surface area contributed by atoms with Crippen LogP contribution in [0.4, 0.5) is 0 Å². The molecule has 0 spiro atoms. The maximum atomic E-state index is 12.1. The highest BCUT2D eigenvalue weighted by Gasteiger charge is 2.07. The zero-order valence-electron chi connectivity index (χ0n) is 12.7. The molecular formula is C18H17IN2O2. The van der Waals surface area contributed by atoms with Gasteiger partial charge in [-0.15, -0.1) is 0 Å². The minimum Gasteiger partial charge on any atom is -0.497 e. The van der Waals surface area contributed by atoms with Crippen LogP contribution in [-0.4, -0.2) is 24.5 Å². The number of H-pyrrole nitrogens is 1. The van der Waals surface area contributed by atoms with Gasteiger partial charge in [-0.25, -0.2) is 0 Å². The molecule has 3 aromatic rings. The van der Waals surface area contributed by atoms with Gasteiger partial charge in [-0.05, 0) is 77.0 Å². The van der Waals surface area contributed by atoms with Gasteiger partial charge < -0.3 is 15.0 Å². The molecule has 0 unspecified atom stereocenters. The van der Waals surface area contributed by atoms with Gasteiger partial charge in [0.05, 0.1) is 7.11 Å². The highest BCUT2D eigenvalue weighted by molar-refractivity contribution is 14.1. The van der Waals surface area contributed by atoms with Crippen LogP contribution in [0.2, 0.25) is 0 Å². The molecule has 4 nitrogen and oxygen atoms in total. The van der Waals surface area contributed by atoms with Crippen LogP contribution in [0.15, 0.2) is 48.7 Å². The third kappa shape index (κ3) is 3.67. The summed E-state index contributed by atoms with van der Waals surface area (Å²) in [6.45, 7) is 0.592. The van der Waals surface area contributed by atoms with E-state index < -0.39 is 0 Å². The average Bonchev–Trinajstić information content (AvgIpc) is 2.97. The highest BCUT2D eigenvalue weighted by atomic mass is 127. The summed E-state index contributed by atoms with van der Waals surface area (Å²) in [4.78, 5) is 15.4. The molecule has 1 heterocycles. The highest BCUT2D eigenvalue weighted by Crippen LogP contribution is 2.23. The van der Waals surface area contributed by atoms with Crippen LogP contribution in [0.1, 0.15) is 15.9 Å². The van der Waals surface area contributed by atoms with Crippen molar-refractivity contribution < 1.29 is 9.53 Å². The molecule has 0 saturated heterocycles. The SMILES string of the molecule is COc1ccc2[nH]cc(CCNC(=O)c3ccc(I)cc3)c2c1. The monoisotopic (exact) mass is 420 g/mol. The predicted octanol–water partition coefficient (Wildman–Crippen LogP) is 3.75. The summed E-state index contributed by atoms with van der Waals surface area (Å²) in [6, 6.07) is 13.5. The summed E-state index contributed by atoms with van der Waals surface area (Å²) in [7, 11) is 1.66. The lowest BCUT2D eigenvalue weighted by atomic mass is 10.1. The molecule has 0 aliphatic carbocycles. The van der Waals surface area contributed by atoms with E-state index in [4.69, 9.17) is 4.74 Å². The number of fused-ring (bicyclic) bond motifs is 1. The Balaban J connectivity index is 1.64. The van der Waals surface area contributed by atoms with E-state index >= 15 is 0 Å². The Morgan fingerprint density at radius 3 is 2.74 bits per heavy atom. The van der Waals surface area contributed by atoms with Crippen molar-refractivity contribution in [1.82, 2.24) is 10.3 Å². The number of methoxy groups -OCH3 is 1. The smallest absolute Gasteiger partial charge is 0.251 e. The number of halogens is 1. The van der Waals surface area contributed by atoms with Crippen molar-refractivity contribution in [2.45, 2.75) is 6.42 Å². The van der Waals surface area contributed by atoms with Crippen molar-refractivity contribution in [2.24, 2.45) is 0 Å². The van der Waals surface area contributed by atoms with Gasteiger partial charge in [-0.1, -0.05) is 0 Å². The molecule has 0 bridgehead atoms. The van der Waals surface area contributed by atoms with E-state index in [1.807, 2.05) is 48.7 Å². The average molecular weight is 420 g/mol. The Morgan fingerprint density at radius 2 is 2.00 bits per heavy atom. The number of aromatic nitrogens is 1. The van der Waals surface area contributed by atoms with Crippen LogP contribution in [0.25, 0.3) is 10.9 Å². The third-order valence-electron chi connectivity index (χ3n) is 3.76. The van der Waals surface area contributed by atoms with Crippen LogP contribution in [0, 0.1) is 3.57 Å². The molecular weight excluding hydrogens is 403 g/mol. The van der Waals surface area contributed by atoms with Crippen molar-refractivity contribution in [2.75, 3.05) is 13.7 Å². The number of carbonyl (C=O) groups excluding carboxylic acids is 1. The van der Waals surface area contributed by atoms with E-state index in [1.54, 1.807) is 7.11 Å². The summed E-state index contributed by atoms with van der Waals surface area (Å²) in [5.41, 5.74) is 2.93. The Labute approximate surface area is 148 Å². The lowest BCUT2D eigenvalue weighted by Gasteiger charge is -2.05. The zero-order chi connectivity index (χ0) is 16.2. The van der Waals surface area contributed by atoms with E-state index in [0.717, 1.165) is 26.6 Å². The summed E-state index contributed by atoms with van der Waals surface area (Å²) < 4.78 is 6.39. The minimum atomic E-state index is -0.0428. The van der Waals surface area contributed by atoms with Crippen LogP contribution < -0.4 is 10.1 Å². The molecule has 5 heteroatoms. The summed E-state index contributed by atoms with van der Waals surface area (Å²) in [5, 5.41) is 4.10. The van der Waals surface area contributed by atoms with Crippen molar-refractivity contribution >= 4 is 39.4 Å². The first-order chi connectivity index (χ1) is 11.2. The quantitative estimate of drug-likeness (QED) is 0.618. The maximum absolute atomic E-state index is 12.1. The third-order valence-corrected chi connectivity index (χ3v) is 4.48. The molecule has 0 atom stereocenters. The van der Waals surface area contributed by atoms with Gasteiger partial charge in [0.1, 0.15) is 5.75 Å². The van der Waals surface area contributed by atoms with Crippen LogP contribution in [0.3, 0.4) is 0 Å². The van der Waals surface area contributed by atoms with E-state index in [1.165, 1.54) is 5.56 Å². The summed E-state index contributed by atoms with van der Waals surface area (Å²) in [6.07, 6.45) is 2.75. The summed E-state index contributed by atoms with van der Waals surface area (Å²) >= 11 is 2.22. The van der Waals surface area contributed by atoms with Gasteiger partial charge >= 0.3 is 0 Å². The number of carbonyl (C=O) groups is 1. The first kappa shape index (κ1) is 15.9. The lowest BCUT2D eigenvalue weighted by molar-refractivity contribution is 0.0954. The minimum absolute atomic E-state index is 0.0428. The second-order valence-corrected chi connectivity index (χ2v) is 6.48. The van der Waals surface area contributed by atoms with Gasteiger partial charge in [-0.2, -0.15) is 0 Å². The Morgan fingerprint density at radius 1 is 1.22 bits per heavy atom. The molecule has 0 aliphatic rings. The molecule has 0 saturated carbocycles. The molecule has 0 aliphatic heterocycles. The fraction of sp³-hybridized carbons (Fsp3) is 0.167. The number of amides is 1. The number of hydrogen-bond acceptors (Lipinski definition) is 2. The molecule has 118 valence electrons. The van der Waals surface area contributed by atoms with Crippen molar-refractivity contribution in [1.29, 1.82) is 0 Å². The number of benzene rings is 2. The largest absolute Gasteiger partial charge is 0.497 e. The van der Waals surface area contributed by atoms with Crippen molar-refractivity contribution in [3.63, 3.8) is 0 Å². The second kappa shape index (κ2) is 7.04. The Hall–Kier alpha value is -2.02. The fourth-order valence-corrected chi connectivity index (χ4v) is 2.86. The lowest BCUT2D eigenvalue weighted by Crippen LogP contribution is -2.25. The van der Waals surface area contributed by atoms with Gasteiger partial charge in [0.2, 0.25) is 0 Å².